The Balaban J connectivity index is 2.39. The second-order valence-electron chi connectivity index (χ2n) is 2.95. The molecule has 2 amide bonds. The Bertz CT molecular complexity index is 191. The summed E-state index contributed by atoms with van der Waals surface area (Å²) in [7, 11) is 1.58. The highest BCUT2D eigenvalue weighted by Crippen LogP contribution is 2.09. The zero-order valence-corrected chi connectivity index (χ0v) is 7.30. The molecule has 1 aliphatic rings. The minimum absolute atomic E-state index is 0.0924. The molecule has 0 aromatic rings. The van der Waals surface area contributed by atoms with Crippen LogP contribution in [0.3, 0.4) is 0 Å². The summed E-state index contributed by atoms with van der Waals surface area (Å²) in [5.74, 6) is 0.00935. The van der Waals surface area contributed by atoms with Crippen LogP contribution >= 0.6 is 0 Å². The van der Waals surface area contributed by atoms with Gasteiger partial charge in [-0.15, -0.1) is 0 Å². The van der Waals surface area contributed by atoms with E-state index in [0.29, 0.717) is 6.42 Å². The molecular formula is C8H14N2O2. The maximum Gasteiger partial charge on any atom is 0.239 e. The number of likely N-dealkylation sites (N-methyl/N-ethyl adjacent to an activating group) is 1. The standard InChI is InChI=1S/C8H14N2O2/c1-9-7(11)6-10-5-3-2-4-8(10)12/h2-6H2,1H3,(H,9,11). The van der Waals surface area contributed by atoms with E-state index in [1.165, 1.54) is 0 Å². The van der Waals surface area contributed by atoms with E-state index in [9.17, 15) is 9.59 Å². The molecule has 0 radical (unpaired) electrons. The van der Waals surface area contributed by atoms with Gasteiger partial charge in [0.15, 0.2) is 0 Å². The van der Waals surface area contributed by atoms with Gasteiger partial charge in [0, 0.05) is 20.0 Å². The van der Waals surface area contributed by atoms with Crippen LogP contribution in [0.2, 0.25) is 0 Å². The van der Waals surface area contributed by atoms with Crippen LogP contribution in [0.4, 0.5) is 0 Å². The summed E-state index contributed by atoms with van der Waals surface area (Å²) in [6.45, 7) is 0.946. The first-order chi connectivity index (χ1) is 5.74. The highest BCUT2D eigenvalue weighted by molar-refractivity contribution is 5.84. The van der Waals surface area contributed by atoms with Crippen molar-refractivity contribution in [3.8, 4) is 0 Å². The molecule has 0 unspecified atom stereocenters. The maximum absolute atomic E-state index is 11.2. The van der Waals surface area contributed by atoms with Crippen molar-refractivity contribution in [2.24, 2.45) is 0 Å². The zero-order chi connectivity index (χ0) is 8.97. The van der Waals surface area contributed by atoms with Gasteiger partial charge in [0.2, 0.25) is 11.8 Å². The van der Waals surface area contributed by atoms with Crippen LogP contribution in [-0.2, 0) is 9.59 Å². The summed E-state index contributed by atoms with van der Waals surface area (Å²) in [6.07, 6.45) is 2.57. The molecule has 1 rings (SSSR count). The third-order valence-electron chi connectivity index (χ3n) is 2.03. The monoisotopic (exact) mass is 170 g/mol. The van der Waals surface area contributed by atoms with Crippen molar-refractivity contribution in [3.05, 3.63) is 0 Å². The van der Waals surface area contributed by atoms with Gasteiger partial charge < -0.3 is 10.2 Å². The fourth-order valence-electron chi connectivity index (χ4n) is 1.28. The Morgan fingerprint density at radius 2 is 2.33 bits per heavy atom. The molecule has 1 saturated heterocycles. The van der Waals surface area contributed by atoms with E-state index in [2.05, 4.69) is 5.32 Å². The molecule has 12 heavy (non-hydrogen) atoms. The van der Waals surface area contributed by atoms with Gasteiger partial charge >= 0.3 is 0 Å². The van der Waals surface area contributed by atoms with Gasteiger partial charge in [0.25, 0.3) is 0 Å². The quantitative estimate of drug-likeness (QED) is 0.621. The Labute approximate surface area is 71.9 Å². The molecule has 4 nitrogen and oxygen atoms in total. The Morgan fingerprint density at radius 1 is 1.58 bits per heavy atom. The average Bonchev–Trinajstić information content (AvgIpc) is 2.09. The van der Waals surface area contributed by atoms with Crippen molar-refractivity contribution in [2.75, 3.05) is 20.1 Å². The lowest BCUT2D eigenvalue weighted by Gasteiger charge is -2.25. The Hall–Kier alpha value is -1.06. The van der Waals surface area contributed by atoms with Crippen LogP contribution in [0, 0.1) is 0 Å². The van der Waals surface area contributed by atoms with Gasteiger partial charge in [0.05, 0.1) is 6.54 Å². The lowest BCUT2D eigenvalue weighted by atomic mass is 10.1. The predicted octanol–water partition coefficient (Wildman–Crippen LogP) is -0.255. The molecular weight excluding hydrogens is 156 g/mol. The van der Waals surface area contributed by atoms with Gasteiger partial charge in [-0.3, -0.25) is 9.59 Å². The SMILES string of the molecule is CNC(=O)CN1CCCCC1=O. The van der Waals surface area contributed by atoms with Crippen molar-refractivity contribution in [1.29, 1.82) is 0 Å². The van der Waals surface area contributed by atoms with Crippen LogP contribution in [0.25, 0.3) is 0 Å². The second kappa shape index (κ2) is 4.09. The highest BCUT2D eigenvalue weighted by Gasteiger charge is 2.19. The Kier molecular flexibility index (Phi) is 3.08. The largest absolute Gasteiger partial charge is 0.358 e. The molecule has 1 aliphatic heterocycles. The van der Waals surface area contributed by atoms with E-state index in [1.807, 2.05) is 0 Å². The summed E-state index contributed by atoms with van der Waals surface area (Å²) < 4.78 is 0. The van der Waals surface area contributed by atoms with Crippen molar-refractivity contribution in [3.63, 3.8) is 0 Å². The van der Waals surface area contributed by atoms with Crippen molar-refractivity contribution < 1.29 is 9.59 Å². The third-order valence-corrected chi connectivity index (χ3v) is 2.03. The third kappa shape index (κ3) is 2.22. The van der Waals surface area contributed by atoms with E-state index >= 15 is 0 Å². The first-order valence-electron chi connectivity index (χ1n) is 4.22. The second-order valence-corrected chi connectivity index (χ2v) is 2.95. The van der Waals surface area contributed by atoms with E-state index in [1.54, 1.807) is 11.9 Å². The molecule has 0 aromatic heterocycles. The molecule has 1 fully saturated rings. The molecule has 4 heteroatoms. The van der Waals surface area contributed by atoms with Crippen LogP contribution in [0.5, 0.6) is 0 Å². The average molecular weight is 170 g/mol. The number of nitrogens with one attached hydrogen (secondary N) is 1. The summed E-state index contributed by atoms with van der Waals surface area (Å²) in [4.78, 5) is 23.7. The topological polar surface area (TPSA) is 49.4 Å². The number of carbonyl (C=O) groups is 2. The van der Waals surface area contributed by atoms with E-state index in [-0.39, 0.29) is 18.4 Å². The fourth-order valence-corrected chi connectivity index (χ4v) is 1.28. The first kappa shape index (κ1) is 9.03. The minimum atomic E-state index is -0.0924. The van der Waals surface area contributed by atoms with Crippen LogP contribution in [-0.4, -0.2) is 36.9 Å². The molecule has 1 N–H and O–H groups in total. The normalized spacial score (nSPS) is 17.8. The molecule has 0 bridgehead atoms. The van der Waals surface area contributed by atoms with E-state index in [0.717, 1.165) is 19.4 Å². The minimum Gasteiger partial charge on any atom is -0.358 e. The van der Waals surface area contributed by atoms with Crippen molar-refractivity contribution in [2.45, 2.75) is 19.3 Å². The number of carbonyl (C=O) groups excluding carboxylic acids is 2. The van der Waals surface area contributed by atoms with E-state index in [4.69, 9.17) is 0 Å². The maximum atomic E-state index is 11.2. The molecule has 0 atom stereocenters. The number of hydrogen-bond donors (Lipinski definition) is 1. The van der Waals surface area contributed by atoms with Crippen molar-refractivity contribution in [1.82, 2.24) is 10.2 Å². The molecule has 1 heterocycles. The smallest absolute Gasteiger partial charge is 0.239 e. The van der Waals surface area contributed by atoms with Gasteiger partial charge in [-0.05, 0) is 12.8 Å². The zero-order valence-electron chi connectivity index (χ0n) is 7.30. The number of hydrogen-bond acceptors (Lipinski definition) is 2. The van der Waals surface area contributed by atoms with Crippen LogP contribution in [0.1, 0.15) is 19.3 Å². The molecule has 0 aromatic carbocycles. The van der Waals surface area contributed by atoms with Crippen LogP contribution < -0.4 is 5.32 Å². The Morgan fingerprint density at radius 3 is 2.92 bits per heavy atom. The van der Waals surface area contributed by atoms with E-state index < -0.39 is 0 Å². The summed E-state index contributed by atoms with van der Waals surface area (Å²) in [5, 5.41) is 2.50. The fraction of sp³-hybridized carbons (Fsp3) is 0.750. The molecule has 0 saturated carbocycles. The summed E-state index contributed by atoms with van der Waals surface area (Å²) in [6, 6.07) is 0. The number of rotatable bonds is 2. The first-order valence-corrected chi connectivity index (χ1v) is 4.22. The van der Waals surface area contributed by atoms with Gasteiger partial charge in [-0.2, -0.15) is 0 Å². The molecule has 68 valence electrons. The predicted molar refractivity (Wildman–Crippen MR) is 44.5 cm³/mol. The van der Waals surface area contributed by atoms with Crippen molar-refractivity contribution >= 4 is 11.8 Å². The summed E-state index contributed by atoms with van der Waals surface area (Å²) >= 11 is 0. The molecule has 0 aliphatic carbocycles. The number of nitrogens with zero attached hydrogens (tertiary/aromatic N) is 1. The van der Waals surface area contributed by atoms with Crippen LogP contribution in [0.15, 0.2) is 0 Å². The lowest BCUT2D eigenvalue weighted by molar-refractivity contribution is -0.137. The number of amides is 2. The highest BCUT2D eigenvalue weighted by atomic mass is 16.2. The summed E-state index contributed by atoms with van der Waals surface area (Å²) in [5.41, 5.74) is 0. The number of likely N-dealkylation sites (tertiary alicyclic amines) is 1. The van der Waals surface area contributed by atoms with Gasteiger partial charge in [-0.25, -0.2) is 0 Å². The van der Waals surface area contributed by atoms with Gasteiger partial charge in [-0.1, -0.05) is 0 Å². The number of piperidine rings is 1. The lowest BCUT2D eigenvalue weighted by Crippen LogP contribution is -2.42. The van der Waals surface area contributed by atoms with Gasteiger partial charge in [0.1, 0.15) is 0 Å². The molecule has 0 spiro atoms.